The van der Waals surface area contributed by atoms with E-state index in [0.29, 0.717) is 0 Å². The van der Waals surface area contributed by atoms with E-state index < -0.39 is 16.0 Å². The van der Waals surface area contributed by atoms with Crippen LogP contribution in [-0.4, -0.2) is 37.0 Å². The van der Waals surface area contributed by atoms with Crippen LogP contribution in [0.3, 0.4) is 0 Å². The number of aromatic carboxylic acids is 1. The Balaban J connectivity index is 2.78. The smallest absolute Gasteiger partial charge is 0.335 e. The fraction of sp³-hybridized carbons (Fsp3) is 0.462. The van der Waals surface area contributed by atoms with Gasteiger partial charge in [-0.1, -0.05) is 13.0 Å². The highest BCUT2D eigenvalue weighted by Crippen LogP contribution is 2.13. The summed E-state index contributed by atoms with van der Waals surface area (Å²) in [6.07, 6.45) is 0.732. The van der Waals surface area contributed by atoms with Crippen LogP contribution in [-0.2, 0) is 10.0 Å². The summed E-state index contributed by atoms with van der Waals surface area (Å²) in [6, 6.07) is 5.16. The highest BCUT2D eigenvalue weighted by Gasteiger charge is 2.18. The van der Waals surface area contributed by atoms with Crippen LogP contribution in [0.1, 0.15) is 30.6 Å². The molecule has 0 saturated heterocycles. The summed E-state index contributed by atoms with van der Waals surface area (Å²) in [5.74, 6) is 0.740. The van der Waals surface area contributed by atoms with E-state index >= 15 is 0 Å². The van der Waals surface area contributed by atoms with Gasteiger partial charge in [-0.3, -0.25) is 0 Å². The van der Waals surface area contributed by atoms with E-state index in [1.807, 2.05) is 0 Å². The third kappa shape index (κ3) is 5.15. The Morgan fingerprint density at radius 2 is 2.15 bits per heavy atom. The third-order valence-electron chi connectivity index (χ3n) is 2.65. The van der Waals surface area contributed by atoms with Crippen LogP contribution >= 0.6 is 11.8 Å². The predicted octanol–water partition coefficient (Wildman–Crippen LogP) is 2.19. The molecule has 1 aromatic rings. The zero-order valence-corrected chi connectivity index (χ0v) is 13.1. The molecule has 1 atom stereocenters. The molecule has 1 unspecified atom stereocenters. The number of benzene rings is 1. The average molecular weight is 317 g/mol. The minimum Gasteiger partial charge on any atom is -0.478 e. The summed E-state index contributed by atoms with van der Waals surface area (Å²) in [4.78, 5) is 10.8. The standard InChI is InChI=1S/C13H19NO4S2/c1-3-19-8-7-10(2)14-20(17,18)12-6-4-5-11(9-12)13(15)16/h4-6,9-10,14H,3,7-8H2,1-2H3,(H,15,16). The zero-order chi connectivity index (χ0) is 15.2. The molecule has 0 aliphatic carbocycles. The van der Waals surface area contributed by atoms with Crippen LogP contribution in [0, 0.1) is 0 Å². The van der Waals surface area contributed by atoms with Crippen LogP contribution in [0.4, 0.5) is 0 Å². The van der Waals surface area contributed by atoms with Gasteiger partial charge in [0.1, 0.15) is 0 Å². The SMILES string of the molecule is CCSCCC(C)NS(=O)(=O)c1cccc(C(=O)O)c1. The number of carboxylic acids is 1. The molecule has 1 rings (SSSR count). The highest BCUT2D eigenvalue weighted by atomic mass is 32.2. The van der Waals surface area contributed by atoms with Crippen LogP contribution < -0.4 is 4.72 Å². The van der Waals surface area contributed by atoms with Crippen molar-refractivity contribution in [2.24, 2.45) is 0 Å². The lowest BCUT2D eigenvalue weighted by Gasteiger charge is -2.14. The van der Waals surface area contributed by atoms with E-state index in [0.717, 1.165) is 24.0 Å². The molecule has 0 radical (unpaired) electrons. The molecular weight excluding hydrogens is 298 g/mol. The van der Waals surface area contributed by atoms with Crippen molar-refractivity contribution in [3.8, 4) is 0 Å². The number of sulfonamides is 1. The number of carbonyl (C=O) groups is 1. The van der Waals surface area contributed by atoms with Gasteiger partial charge >= 0.3 is 5.97 Å². The van der Waals surface area contributed by atoms with Crippen molar-refractivity contribution in [1.29, 1.82) is 0 Å². The highest BCUT2D eigenvalue weighted by molar-refractivity contribution is 7.99. The van der Waals surface area contributed by atoms with E-state index in [4.69, 9.17) is 5.11 Å². The normalized spacial score (nSPS) is 13.1. The Kier molecular flexibility index (Phi) is 6.51. The van der Waals surface area contributed by atoms with Crippen molar-refractivity contribution in [3.63, 3.8) is 0 Å². The molecule has 2 N–H and O–H groups in total. The van der Waals surface area contributed by atoms with Gasteiger partial charge in [0.2, 0.25) is 10.0 Å². The van der Waals surface area contributed by atoms with Crippen molar-refractivity contribution < 1.29 is 18.3 Å². The van der Waals surface area contributed by atoms with Gasteiger partial charge in [-0.15, -0.1) is 0 Å². The van der Waals surface area contributed by atoms with Crippen LogP contribution in [0.25, 0.3) is 0 Å². The summed E-state index contributed by atoms with van der Waals surface area (Å²) in [5.41, 5.74) is -0.0398. The lowest BCUT2D eigenvalue weighted by Crippen LogP contribution is -2.33. The number of thioether (sulfide) groups is 1. The van der Waals surface area contributed by atoms with Crippen molar-refractivity contribution in [3.05, 3.63) is 29.8 Å². The molecule has 0 heterocycles. The first-order valence-corrected chi connectivity index (χ1v) is 8.94. The second kappa shape index (κ2) is 7.66. The summed E-state index contributed by atoms with van der Waals surface area (Å²) in [7, 11) is -3.68. The molecule has 0 fully saturated rings. The molecule has 0 amide bonds. The minimum absolute atomic E-state index is 0.0209. The summed E-state index contributed by atoms with van der Waals surface area (Å²) in [5, 5.41) is 8.88. The second-order valence-electron chi connectivity index (χ2n) is 4.34. The summed E-state index contributed by atoms with van der Waals surface area (Å²) >= 11 is 1.75. The lowest BCUT2D eigenvalue weighted by molar-refractivity contribution is 0.0696. The fourth-order valence-corrected chi connectivity index (χ4v) is 3.72. The largest absolute Gasteiger partial charge is 0.478 e. The first kappa shape index (κ1) is 17.0. The van der Waals surface area contributed by atoms with Crippen LogP contribution in [0.5, 0.6) is 0 Å². The van der Waals surface area contributed by atoms with Gasteiger partial charge in [-0.05, 0) is 43.0 Å². The van der Waals surface area contributed by atoms with Gasteiger partial charge in [0, 0.05) is 6.04 Å². The monoisotopic (exact) mass is 317 g/mol. The molecular formula is C13H19NO4S2. The number of hydrogen-bond acceptors (Lipinski definition) is 4. The van der Waals surface area contributed by atoms with Gasteiger partial charge in [0.15, 0.2) is 0 Å². The summed E-state index contributed by atoms with van der Waals surface area (Å²) in [6.45, 7) is 3.85. The molecule has 112 valence electrons. The maximum Gasteiger partial charge on any atom is 0.335 e. The summed E-state index contributed by atoms with van der Waals surface area (Å²) < 4.78 is 26.8. The molecule has 7 heteroatoms. The van der Waals surface area contributed by atoms with E-state index in [1.54, 1.807) is 18.7 Å². The molecule has 0 aliphatic heterocycles. The number of nitrogens with one attached hydrogen (secondary N) is 1. The van der Waals surface area contributed by atoms with Gasteiger partial charge in [0.25, 0.3) is 0 Å². The fourth-order valence-electron chi connectivity index (χ4n) is 1.59. The van der Waals surface area contributed by atoms with Crippen molar-refractivity contribution in [2.45, 2.75) is 31.2 Å². The number of hydrogen-bond donors (Lipinski definition) is 2. The second-order valence-corrected chi connectivity index (χ2v) is 7.45. The number of carboxylic acid groups (broad SMARTS) is 1. The van der Waals surface area contributed by atoms with Gasteiger partial charge in [-0.25, -0.2) is 17.9 Å². The van der Waals surface area contributed by atoms with Crippen LogP contribution in [0.15, 0.2) is 29.2 Å². The minimum atomic E-state index is -3.68. The quantitative estimate of drug-likeness (QED) is 0.718. The molecule has 0 bridgehead atoms. The Morgan fingerprint density at radius 3 is 2.75 bits per heavy atom. The molecule has 0 aliphatic rings. The topological polar surface area (TPSA) is 83.5 Å². The molecule has 1 aromatic carbocycles. The number of rotatable bonds is 8. The van der Waals surface area contributed by atoms with Crippen LogP contribution in [0.2, 0.25) is 0 Å². The van der Waals surface area contributed by atoms with E-state index in [2.05, 4.69) is 11.6 Å². The Morgan fingerprint density at radius 1 is 1.45 bits per heavy atom. The van der Waals surface area contributed by atoms with Gasteiger partial charge in [-0.2, -0.15) is 11.8 Å². The average Bonchev–Trinajstić information content (AvgIpc) is 2.38. The van der Waals surface area contributed by atoms with Gasteiger partial charge in [0.05, 0.1) is 10.5 Å². The molecule has 0 spiro atoms. The molecule has 20 heavy (non-hydrogen) atoms. The van der Waals surface area contributed by atoms with Gasteiger partial charge < -0.3 is 5.11 Å². The first-order valence-electron chi connectivity index (χ1n) is 6.30. The first-order chi connectivity index (χ1) is 9.36. The van der Waals surface area contributed by atoms with E-state index in [9.17, 15) is 13.2 Å². The zero-order valence-electron chi connectivity index (χ0n) is 11.5. The lowest BCUT2D eigenvalue weighted by atomic mass is 10.2. The maximum absolute atomic E-state index is 12.1. The van der Waals surface area contributed by atoms with Crippen molar-refractivity contribution in [1.82, 2.24) is 4.72 Å². The third-order valence-corrected chi connectivity index (χ3v) is 5.17. The van der Waals surface area contributed by atoms with Crippen molar-refractivity contribution in [2.75, 3.05) is 11.5 Å². The predicted molar refractivity (Wildman–Crippen MR) is 80.8 cm³/mol. The van der Waals surface area contributed by atoms with E-state index in [-0.39, 0.29) is 16.5 Å². The Bertz CT molecular complexity index is 557. The molecule has 5 nitrogen and oxygen atoms in total. The maximum atomic E-state index is 12.1. The van der Waals surface area contributed by atoms with Crippen molar-refractivity contribution >= 4 is 27.8 Å². The molecule has 0 aromatic heterocycles. The Labute approximate surface area is 123 Å². The van der Waals surface area contributed by atoms with E-state index in [1.165, 1.54) is 18.2 Å². The Hall–Kier alpha value is -1.05. The molecule has 0 saturated carbocycles.